The van der Waals surface area contributed by atoms with Crippen molar-refractivity contribution in [1.82, 2.24) is 19.6 Å². The van der Waals surface area contributed by atoms with Crippen LogP contribution >= 0.6 is 0 Å². The first-order valence-electron chi connectivity index (χ1n) is 10.0. The molecule has 1 saturated heterocycles. The zero-order chi connectivity index (χ0) is 21.4. The molecule has 158 valence electrons. The highest BCUT2D eigenvalue weighted by Crippen LogP contribution is 2.33. The van der Waals surface area contributed by atoms with Crippen molar-refractivity contribution >= 4 is 23.9 Å². The third-order valence-electron chi connectivity index (χ3n) is 5.56. The number of ether oxygens (including phenoxy) is 1. The molecular weight excluding hydrogens is 386 g/mol. The molecule has 2 unspecified atom stereocenters. The Balaban J connectivity index is 1.54. The van der Waals surface area contributed by atoms with Crippen molar-refractivity contribution in [2.24, 2.45) is 4.99 Å². The number of carbonyl (C=O) groups is 3. The number of amides is 3. The van der Waals surface area contributed by atoms with Crippen LogP contribution in [-0.4, -0.2) is 82.4 Å². The Hall–Kier alpha value is -3.36. The van der Waals surface area contributed by atoms with Crippen molar-refractivity contribution in [3.63, 3.8) is 0 Å². The number of likely N-dealkylation sites (N-methyl/N-ethyl adjacent to an activating group) is 1. The molecule has 1 aromatic rings. The summed E-state index contributed by atoms with van der Waals surface area (Å²) in [4.78, 5) is 49.0. The topological polar surface area (TPSA) is 85.8 Å². The third-order valence-corrected chi connectivity index (χ3v) is 5.56. The van der Waals surface area contributed by atoms with Gasteiger partial charge in [0.25, 0.3) is 5.91 Å². The zero-order valence-corrected chi connectivity index (χ0v) is 17.3. The highest BCUT2D eigenvalue weighted by molar-refractivity contribution is 6.05. The van der Waals surface area contributed by atoms with Gasteiger partial charge in [0, 0.05) is 25.5 Å². The van der Waals surface area contributed by atoms with Crippen molar-refractivity contribution in [3.8, 4) is 0 Å². The summed E-state index contributed by atoms with van der Waals surface area (Å²) >= 11 is 0. The van der Waals surface area contributed by atoms with E-state index in [0.29, 0.717) is 25.5 Å². The molecule has 0 saturated carbocycles. The summed E-state index contributed by atoms with van der Waals surface area (Å²) < 4.78 is 5.05. The van der Waals surface area contributed by atoms with E-state index in [2.05, 4.69) is 4.99 Å². The van der Waals surface area contributed by atoms with Crippen molar-refractivity contribution in [2.45, 2.75) is 32.5 Å². The van der Waals surface area contributed by atoms with Crippen molar-refractivity contribution in [2.75, 3.05) is 26.7 Å². The number of fused-ring (bicyclic) bond motifs is 3. The summed E-state index contributed by atoms with van der Waals surface area (Å²) in [5.74, 6) is -0.154. The number of hydrogen-bond acceptors (Lipinski definition) is 7. The van der Waals surface area contributed by atoms with Crippen LogP contribution in [0.5, 0.6) is 0 Å². The average Bonchev–Trinajstić information content (AvgIpc) is 3.23. The fraction of sp³-hybridized carbons (Fsp3) is 0.429. The molecular formula is C21H25N5O4. The van der Waals surface area contributed by atoms with Crippen LogP contribution in [0.4, 0.5) is 4.79 Å². The van der Waals surface area contributed by atoms with Gasteiger partial charge in [-0.15, -0.1) is 0 Å². The second-order valence-corrected chi connectivity index (χ2v) is 7.48. The van der Waals surface area contributed by atoms with Crippen molar-refractivity contribution < 1.29 is 19.1 Å². The molecule has 0 bridgehead atoms. The molecule has 3 aliphatic rings. The highest BCUT2D eigenvalue weighted by Gasteiger charge is 2.54. The Morgan fingerprint density at radius 1 is 1.17 bits per heavy atom. The van der Waals surface area contributed by atoms with Crippen LogP contribution in [0, 0.1) is 0 Å². The van der Waals surface area contributed by atoms with Gasteiger partial charge >= 0.3 is 12.0 Å². The molecule has 3 amide bonds. The Bertz CT molecular complexity index is 929. The van der Waals surface area contributed by atoms with Crippen LogP contribution in [-0.2, 0) is 20.7 Å². The number of imide groups is 1. The minimum atomic E-state index is -0.638. The van der Waals surface area contributed by atoms with E-state index in [4.69, 9.17) is 4.74 Å². The summed E-state index contributed by atoms with van der Waals surface area (Å²) in [6.45, 7) is 4.21. The van der Waals surface area contributed by atoms with E-state index in [-0.39, 0.29) is 24.5 Å². The predicted molar refractivity (Wildman–Crippen MR) is 109 cm³/mol. The van der Waals surface area contributed by atoms with Gasteiger partial charge in [-0.1, -0.05) is 30.3 Å². The fourth-order valence-corrected chi connectivity index (χ4v) is 4.02. The summed E-state index contributed by atoms with van der Waals surface area (Å²) in [5.41, 5.74) is 1.85. The first kappa shape index (κ1) is 19.9. The van der Waals surface area contributed by atoms with Crippen LogP contribution in [0.25, 0.3) is 0 Å². The van der Waals surface area contributed by atoms with E-state index < -0.39 is 12.2 Å². The van der Waals surface area contributed by atoms with E-state index in [0.717, 1.165) is 11.3 Å². The molecule has 1 aromatic carbocycles. The van der Waals surface area contributed by atoms with Crippen LogP contribution in [0.15, 0.2) is 47.2 Å². The van der Waals surface area contributed by atoms with E-state index in [1.165, 1.54) is 9.80 Å². The number of aliphatic imine (C=N–C) groups is 1. The molecule has 0 radical (unpaired) electrons. The van der Waals surface area contributed by atoms with Gasteiger partial charge in [0.1, 0.15) is 6.54 Å². The number of urea groups is 1. The first-order valence-corrected chi connectivity index (χ1v) is 10.0. The van der Waals surface area contributed by atoms with Crippen LogP contribution in [0.2, 0.25) is 0 Å². The lowest BCUT2D eigenvalue weighted by atomic mass is 10.1. The van der Waals surface area contributed by atoms with Crippen LogP contribution in [0.1, 0.15) is 19.4 Å². The fourth-order valence-electron chi connectivity index (χ4n) is 4.02. The number of carbonyl (C=O) groups excluding carboxylic acids is 3. The molecule has 2 atom stereocenters. The number of esters is 1. The molecule has 3 heterocycles. The lowest BCUT2D eigenvalue weighted by Gasteiger charge is -2.40. The second-order valence-electron chi connectivity index (χ2n) is 7.48. The molecule has 30 heavy (non-hydrogen) atoms. The second kappa shape index (κ2) is 7.81. The Labute approximate surface area is 175 Å². The zero-order valence-electron chi connectivity index (χ0n) is 17.3. The average molecular weight is 411 g/mol. The maximum Gasteiger partial charge on any atom is 0.328 e. The van der Waals surface area contributed by atoms with Gasteiger partial charge < -0.3 is 19.4 Å². The van der Waals surface area contributed by atoms with E-state index in [1.54, 1.807) is 30.0 Å². The van der Waals surface area contributed by atoms with Gasteiger partial charge in [-0.2, -0.15) is 0 Å². The number of benzene rings is 1. The summed E-state index contributed by atoms with van der Waals surface area (Å²) in [6.07, 6.45) is 1.77. The molecule has 9 nitrogen and oxygen atoms in total. The number of guanidine groups is 1. The molecule has 1 fully saturated rings. The summed E-state index contributed by atoms with van der Waals surface area (Å²) in [5, 5.41) is 0. The number of nitrogens with zero attached hydrogens (tertiary/aromatic N) is 5. The van der Waals surface area contributed by atoms with Gasteiger partial charge in [-0.25, -0.2) is 9.79 Å². The normalized spacial score (nSPS) is 22.8. The van der Waals surface area contributed by atoms with Gasteiger partial charge in [-0.05, 0) is 25.8 Å². The van der Waals surface area contributed by atoms with E-state index >= 15 is 0 Å². The highest BCUT2D eigenvalue weighted by atomic mass is 16.5. The molecule has 0 aliphatic carbocycles. The minimum absolute atomic E-state index is 0.00845. The standard InChI is InChI=1S/C21H25N5O4/c1-4-30-16(27)13-25-14(2)12-26-17-18(22-20(25)26)23(3)21(29)24(19(17)28)11-10-15-8-6-5-7-9-15/h5-9,12,17-18H,4,10-11,13H2,1-3H3. The predicted octanol–water partition coefficient (Wildman–Crippen LogP) is 1.23. The first-order chi connectivity index (χ1) is 14.4. The third kappa shape index (κ3) is 3.30. The number of hydrogen-bond donors (Lipinski definition) is 0. The molecule has 0 N–H and O–H groups in total. The maximum absolute atomic E-state index is 13.3. The number of allylic oxidation sites excluding steroid dienone is 1. The largest absolute Gasteiger partial charge is 0.465 e. The van der Waals surface area contributed by atoms with Gasteiger partial charge in [0.2, 0.25) is 5.96 Å². The van der Waals surface area contributed by atoms with Crippen molar-refractivity contribution in [1.29, 1.82) is 0 Å². The Morgan fingerprint density at radius 2 is 1.90 bits per heavy atom. The molecule has 0 aromatic heterocycles. The summed E-state index contributed by atoms with van der Waals surface area (Å²) in [7, 11) is 1.65. The molecule has 3 aliphatic heterocycles. The van der Waals surface area contributed by atoms with E-state index in [9.17, 15) is 14.4 Å². The number of rotatable bonds is 6. The van der Waals surface area contributed by atoms with Gasteiger partial charge in [-0.3, -0.25) is 14.5 Å². The SMILES string of the molecule is CCOC(=O)CN1C(C)=CN2C1=NC1C2C(=O)N(CCc2ccccc2)C(=O)N1C. The lowest BCUT2D eigenvalue weighted by molar-refractivity contribution is -0.143. The van der Waals surface area contributed by atoms with Gasteiger partial charge in [0.15, 0.2) is 12.2 Å². The minimum Gasteiger partial charge on any atom is -0.465 e. The molecule has 0 spiro atoms. The molecule has 9 heteroatoms. The van der Waals surface area contributed by atoms with Crippen LogP contribution < -0.4 is 0 Å². The van der Waals surface area contributed by atoms with E-state index in [1.807, 2.05) is 37.3 Å². The molecule has 4 rings (SSSR count). The van der Waals surface area contributed by atoms with Gasteiger partial charge in [0.05, 0.1) is 6.61 Å². The van der Waals surface area contributed by atoms with Crippen molar-refractivity contribution in [3.05, 3.63) is 47.8 Å². The quantitative estimate of drug-likeness (QED) is 0.655. The smallest absolute Gasteiger partial charge is 0.328 e. The Morgan fingerprint density at radius 3 is 2.60 bits per heavy atom. The summed E-state index contributed by atoms with van der Waals surface area (Å²) in [6, 6.07) is 8.75. The maximum atomic E-state index is 13.3. The monoisotopic (exact) mass is 411 g/mol. The lowest BCUT2D eigenvalue weighted by Crippen LogP contribution is -2.64. The van der Waals surface area contributed by atoms with Crippen LogP contribution in [0.3, 0.4) is 0 Å². The Kier molecular flexibility index (Phi) is 5.19.